The van der Waals surface area contributed by atoms with Crippen molar-refractivity contribution in [2.75, 3.05) is 19.8 Å². The minimum Gasteiger partial charge on any atom is -0.356 e. The second-order valence-electron chi connectivity index (χ2n) is 5.65. The van der Waals surface area contributed by atoms with Crippen LogP contribution in [0.2, 0.25) is 0 Å². The molecule has 25 heavy (non-hydrogen) atoms. The lowest BCUT2D eigenvalue weighted by atomic mass is 10.1. The molecule has 0 amide bonds. The highest BCUT2D eigenvalue weighted by molar-refractivity contribution is 7.90. The maximum atomic E-state index is 13.1. The van der Waals surface area contributed by atoms with Gasteiger partial charge in [0.2, 0.25) is 0 Å². The number of aliphatic imine (C=N–C) groups is 1. The minimum absolute atomic E-state index is 0.238. The zero-order chi connectivity index (χ0) is 18.3. The summed E-state index contributed by atoms with van der Waals surface area (Å²) in [5.74, 6) is 0.390. The van der Waals surface area contributed by atoms with Crippen molar-refractivity contribution >= 4 is 15.8 Å². The molecule has 0 aromatic heterocycles. The summed E-state index contributed by atoms with van der Waals surface area (Å²) in [6.07, 6.45) is 1.87. The number of rotatable bonds is 6. The van der Waals surface area contributed by atoms with Gasteiger partial charge in [-0.05, 0) is 41.8 Å². The Morgan fingerprint density at radius 2 is 1.80 bits per heavy atom. The Morgan fingerprint density at radius 3 is 2.40 bits per heavy atom. The number of guanidine groups is 1. The molecule has 0 aliphatic rings. The molecule has 2 aromatic carbocycles. The van der Waals surface area contributed by atoms with Gasteiger partial charge in [0.25, 0.3) is 0 Å². The summed E-state index contributed by atoms with van der Waals surface area (Å²) in [6, 6.07) is 13.2. The Morgan fingerprint density at radius 1 is 1.08 bits per heavy atom. The highest BCUT2D eigenvalue weighted by atomic mass is 32.2. The van der Waals surface area contributed by atoms with Crippen molar-refractivity contribution in [3.63, 3.8) is 0 Å². The predicted octanol–water partition coefficient (Wildman–Crippen LogP) is 2.14. The van der Waals surface area contributed by atoms with Crippen LogP contribution in [0.5, 0.6) is 0 Å². The third-order valence-electron chi connectivity index (χ3n) is 3.63. The van der Waals surface area contributed by atoms with Crippen molar-refractivity contribution in [3.8, 4) is 0 Å². The maximum absolute atomic E-state index is 13.1. The molecule has 0 fully saturated rings. The highest BCUT2D eigenvalue weighted by Gasteiger charge is 2.06. The number of nitrogens with zero attached hydrogens (tertiary/aromatic N) is 1. The Labute approximate surface area is 147 Å². The van der Waals surface area contributed by atoms with Crippen LogP contribution in [0.15, 0.2) is 58.4 Å². The molecule has 0 atom stereocenters. The SMILES string of the molecule is CN=C(NCCc1cccc(F)c1)NCc1ccc(S(C)(=O)=O)cc1. The minimum atomic E-state index is -3.18. The van der Waals surface area contributed by atoms with Gasteiger partial charge in [-0.3, -0.25) is 4.99 Å². The molecular weight excluding hydrogens is 341 g/mol. The average Bonchev–Trinajstić information content (AvgIpc) is 2.57. The molecule has 0 unspecified atom stereocenters. The molecule has 5 nitrogen and oxygen atoms in total. The van der Waals surface area contributed by atoms with Gasteiger partial charge in [0.05, 0.1) is 4.90 Å². The molecule has 0 heterocycles. The van der Waals surface area contributed by atoms with Crippen LogP contribution >= 0.6 is 0 Å². The summed E-state index contributed by atoms with van der Waals surface area (Å²) in [5, 5.41) is 6.32. The zero-order valence-corrected chi connectivity index (χ0v) is 15.1. The molecule has 0 spiro atoms. The lowest BCUT2D eigenvalue weighted by molar-refractivity contribution is 0.602. The van der Waals surface area contributed by atoms with E-state index >= 15 is 0 Å². The number of halogens is 1. The number of hydrogen-bond donors (Lipinski definition) is 2. The van der Waals surface area contributed by atoms with Crippen LogP contribution in [0.3, 0.4) is 0 Å². The van der Waals surface area contributed by atoms with E-state index in [9.17, 15) is 12.8 Å². The van der Waals surface area contributed by atoms with E-state index in [1.165, 1.54) is 18.4 Å². The van der Waals surface area contributed by atoms with E-state index in [1.807, 2.05) is 6.07 Å². The van der Waals surface area contributed by atoms with Crippen LogP contribution in [0.4, 0.5) is 4.39 Å². The lowest BCUT2D eigenvalue weighted by Gasteiger charge is -2.12. The van der Waals surface area contributed by atoms with E-state index in [-0.39, 0.29) is 5.82 Å². The standard InChI is InChI=1S/C18H22FN3O2S/c1-20-18(21-11-10-14-4-3-5-16(19)12-14)22-13-15-6-8-17(9-7-15)25(2,23)24/h3-9,12H,10-11,13H2,1-2H3,(H2,20,21,22). The molecule has 0 radical (unpaired) electrons. The summed E-state index contributed by atoms with van der Waals surface area (Å²) >= 11 is 0. The second-order valence-corrected chi connectivity index (χ2v) is 7.66. The molecule has 134 valence electrons. The van der Waals surface area contributed by atoms with Gasteiger partial charge in [-0.15, -0.1) is 0 Å². The van der Waals surface area contributed by atoms with Crippen LogP contribution in [0.1, 0.15) is 11.1 Å². The van der Waals surface area contributed by atoms with Gasteiger partial charge in [0, 0.05) is 26.4 Å². The number of hydrogen-bond acceptors (Lipinski definition) is 3. The van der Waals surface area contributed by atoms with E-state index < -0.39 is 9.84 Å². The summed E-state index contributed by atoms with van der Waals surface area (Å²) in [5.41, 5.74) is 1.86. The van der Waals surface area contributed by atoms with Crippen LogP contribution in [-0.4, -0.2) is 34.2 Å². The van der Waals surface area contributed by atoms with Gasteiger partial charge >= 0.3 is 0 Å². The lowest BCUT2D eigenvalue weighted by Crippen LogP contribution is -2.37. The second kappa shape index (κ2) is 8.62. The molecule has 2 N–H and O–H groups in total. The fraction of sp³-hybridized carbons (Fsp3) is 0.278. The summed E-state index contributed by atoms with van der Waals surface area (Å²) < 4.78 is 36.0. The first-order valence-corrected chi connectivity index (χ1v) is 9.75. The fourth-order valence-electron chi connectivity index (χ4n) is 2.28. The van der Waals surface area contributed by atoms with Crippen LogP contribution < -0.4 is 10.6 Å². The maximum Gasteiger partial charge on any atom is 0.191 e. The normalized spacial score (nSPS) is 12.0. The molecule has 0 saturated heterocycles. The topological polar surface area (TPSA) is 70.6 Å². The first-order chi connectivity index (χ1) is 11.9. The Kier molecular flexibility index (Phi) is 6.52. The number of benzene rings is 2. The first-order valence-electron chi connectivity index (χ1n) is 7.86. The van der Waals surface area contributed by atoms with Gasteiger partial charge in [-0.1, -0.05) is 24.3 Å². The molecule has 0 bridgehead atoms. The summed E-state index contributed by atoms with van der Waals surface area (Å²) in [6.45, 7) is 1.14. The summed E-state index contributed by atoms with van der Waals surface area (Å²) in [7, 11) is -1.51. The largest absolute Gasteiger partial charge is 0.356 e. The van der Waals surface area contributed by atoms with E-state index in [0.717, 1.165) is 11.1 Å². The Bertz CT molecular complexity index is 834. The monoisotopic (exact) mass is 363 g/mol. The first kappa shape index (κ1) is 18.9. The van der Waals surface area contributed by atoms with E-state index in [0.29, 0.717) is 30.4 Å². The third-order valence-corrected chi connectivity index (χ3v) is 4.76. The van der Waals surface area contributed by atoms with Crippen LogP contribution in [0, 0.1) is 5.82 Å². The van der Waals surface area contributed by atoms with Gasteiger partial charge in [0.15, 0.2) is 15.8 Å². The van der Waals surface area contributed by atoms with Gasteiger partial charge in [0.1, 0.15) is 5.82 Å². The molecule has 2 rings (SSSR count). The van der Waals surface area contributed by atoms with E-state index in [2.05, 4.69) is 15.6 Å². The molecule has 0 aliphatic heterocycles. The predicted molar refractivity (Wildman–Crippen MR) is 97.9 cm³/mol. The molecule has 2 aromatic rings. The van der Waals surface area contributed by atoms with Crippen LogP contribution in [-0.2, 0) is 22.8 Å². The average molecular weight is 363 g/mol. The molecule has 0 aliphatic carbocycles. The molecule has 7 heteroatoms. The van der Waals surface area contributed by atoms with E-state index in [4.69, 9.17) is 0 Å². The molecular formula is C18H22FN3O2S. The van der Waals surface area contributed by atoms with Crippen molar-refractivity contribution in [2.45, 2.75) is 17.9 Å². The summed E-state index contributed by atoms with van der Waals surface area (Å²) in [4.78, 5) is 4.43. The van der Waals surface area contributed by atoms with Crippen molar-refractivity contribution in [2.24, 2.45) is 4.99 Å². The van der Waals surface area contributed by atoms with Gasteiger partial charge in [-0.25, -0.2) is 12.8 Å². The van der Waals surface area contributed by atoms with Gasteiger partial charge in [-0.2, -0.15) is 0 Å². The van der Waals surface area contributed by atoms with Crippen LogP contribution in [0.25, 0.3) is 0 Å². The highest BCUT2D eigenvalue weighted by Crippen LogP contribution is 2.10. The van der Waals surface area contributed by atoms with Crippen molar-refractivity contribution in [1.29, 1.82) is 0 Å². The zero-order valence-electron chi connectivity index (χ0n) is 14.3. The quantitative estimate of drug-likeness (QED) is 0.609. The van der Waals surface area contributed by atoms with Crippen molar-refractivity contribution in [1.82, 2.24) is 10.6 Å². The van der Waals surface area contributed by atoms with Crippen molar-refractivity contribution < 1.29 is 12.8 Å². The third kappa shape index (κ3) is 6.19. The Hall–Kier alpha value is -2.41. The van der Waals surface area contributed by atoms with Crippen molar-refractivity contribution in [3.05, 3.63) is 65.5 Å². The smallest absolute Gasteiger partial charge is 0.191 e. The number of sulfone groups is 1. The Balaban J connectivity index is 1.82. The number of nitrogens with one attached hydrogen (secondary N) is 2. The van der Waals surface area contributed by atoms with E-state index in [1.54, 1.807) is 37.4 Å². The fourth-order valence-corrected chi connectivity index (χ4v) is 2.91. The van der Waals surface area contributed by atoms with Gasteiger partial charge < -0.3 is 10.6 Å². The molecule has 0 saturated carbocycles.